The molecule has 5 nitrogen and oxygen atoms in total. The van der Waals surface area contributed by atoms with E-state index in [-0.39, 0.29) is 17.6 Å². The molecule has 1 N–H and O–H groups in total. The zero-order valence-electron chi connectivity index (χ0n) is 12.0. The summed E-state index contributed by atoms with van der Waals surface area (Å²) in [5, 5.41) is 6.63. The molecule has 1 fully saturated rings. The Kier molecular flexibility index (Phi) is 4.24. The molecule has 0 aliphatic carbocycles. The second kappa shape index (κ2) is 5.74. The van der Waals surface area contributed by atoms with Crippen molar-refractivity contribution in [2.45, 2.75) is 51.7 Å². The molecule has 2 rings (SSSR count). The van der Waals surface area contributed by atoms with Crippen LogP contribution in [0.5, 0.6) is 0 Å². The quantitative estimate of drug-likeness (QED) is 0.852. The number of nitrogens with one attached hydrogen (secondary N) is 1. The van der Waals surface area contributed by atoms with Gasteiger partial charge < -0.3 is 9.64 Å². The number of carbonyl (C=O) groups is 1. The van der Waals surface area contributed by atoms with Crippen LogP contribution < -0.4 is 0 Å². The van der Waals surface area contributed by atoms with Crippen molar-refractivity contribution >= 4 is 5.91 Å². The van der Waals surface area contributed by atoms with Crippen molar-refractivity contribution in [1.29, 1.82) is 0 Å². The molecule has 0 bridgehead atoms. The molecule has 0 atom stereocenters. The number of likely N-dealkylation sites (tertiary alicyclic amines) is 1. The van der Waals surface area contributed by atoms with Gasteiger partial charge in [-0.15, -0.1) is 0 Å². The maximum atomic E-state index is 11.9. The van der Waals surface area contributed by atoms with E-state index in [4.69, 9.17) is 4.74 Å². The lowest BCUT2D eigenvalue weighted by Crippen LogP contribution is -2.56. The highest BCUT2D eigenvalue weighted by Crippen LogP contribution is 2.22. The lowest BCUT2D eigenvalue weighted by Gasteiger charge is -2.42. The number of nitrogens with zero attached hydrogens (tertiary/aromatic N) is 2. The predicted octanol–water partition coefficient (Wildman–Crippen LogP) is 1.76. The van der Waals surface area contributed by atoms with Crippen LogP contribution in [0.2, 0.25) is 0 Å². The van der Waals surface area contributed by atoms with Gasteiger partial charge in [0.05, 0.1) is 17.9 Å². The van der Waals surface area contributed by atoms with Gasteiger partial charge in [0.1, 0.15) is 0 Å². The Morgan fingerprint density at radius 1 is 1.58 bits per heavy atom. The van der Waals surface area contributed by atoms with Crippen LogP contribution in [0.1, 0.15) is 39.2 Å². The van der Waals surface area contributed by atoms with E-state index in [2.05, 4.69) is 31.0 Å². The summed E-state index contributed by atoms with van der Waals surface area (Å²) in [6.07, 6.45) is 6.07. The summed E-state index contributed by atoms with van der Waals surface area (Å²) >= 11 is 0. The van der Waals surface area contributed by atoms with Crippen molar-refractivity contribution < 1.29 is 9.53 Å². The third kappa shape index (κ3) is 3.80. The number of hydrogen-bond donors (Lipinski definition) is 1. The van der Waals surface area contributed by atoms with Crippen LogP contribution in [0, 0.1) is 0 Å². The summed E-state index contributed by atoms with van der Waals surface area (Å²) in [6, 6.07) is 0. The number of rotatable bonds is 6. The molecule has 0 spiro atoms. The van der Waals surface area contributed by atoms with Gasteiger partial charge in [-0.3, -0.25) is 9.89 Å². The smallest absolute Gasteiger partial charge is 0.223 e. The highest BCUT2D eigenvalue weighted by atomic mass is 16.5. The van der Waals surface area contributed by atoms with E-state index in [0.29, 0.717) is 6.42 Å². The number of ether oxygens (including phenoxy) is 1. The Balaban J connectivity index is 1.67. The molecule has 0 radical (unpaired) electrons. The molecule has 1 amide bonds. The number of amides is 1. The summed E-state index contributed by atoms with van der Waals surface area (Å²) in [5.74, 6) is 0.204. The highest BCUT2D eigenvalue weighted by molar-refractivity contribution is 5.77. The first kappa shape index (κ1) is 14.1. The summed E-state index contributed by atoms with van der Waals surface area (Å²) < 4.78 is 5.94. The molecular formula is C14H23N3O2. The Labute approximate surface area is 114 Å². The van der Waals surface area contributed by atoms with E-state index < -0.39 is 0 Å². The monoisotopic (exact) mass is 265 g/mol. The van der Waals surface area contributed by atoms with Crippen LogP contribution in [0.25, 0.3) is 0 Å². The van der Waals surface area contributed by atoms with Gasteiger partial charge in [-0.05, 0) is 32.3 Å². The SMILES string of the molecule is CCC(C)(C)OC1CN(C(=O)CCc2cn[nH]c2)C1. The van der Waals surface area contributed by atoms with E-state index >= 15 is 0 Å². The fourth-order valence-electron chi connectivity index (χ4n) is 2.07. The minimum Gasteiger partial charge on any atom is -0.369 e. The molecule has 1 aromatic rings. The summed E-state index contributed by atoms with van der Waals surface area (Å²) in [4.78, 5) is 13.8. The first-order chi connectivity index (χ1) is 9.00. The van der Waals surface area contributed by atoms with E-state index in [1.807, 2.05) is 11.1 Å². The Morgan fingerprint density at radius 2 is 2.32 bits per heavy atom. The number of aromatic amines is 1. The van der Waals surface area contributed by atoms with Gasteiger partial charge in [-0.1, -0.05) is 6.92 Å². The summed E-state index contributed by atoms with van der Waals surface area (Å²) in [6.45, 7) is 7.76. The van der Waals surface area contributed by atoms with E-state index in [0.717, 1.165) is 31.5 Å². The van der Waals surface area contributed by atoms with Crippen LogP contribution in [-0.4, -0.2) is 45.8 Å². The van der Waals surface area contributed by atoms with Gasteiger partial charge in [-0.25, -0.2) is 0 Å². The second-order valence-electron chi connectivity index (χ2n) is 5.76. The molecule has 1 saturated heterocycles. The van der Waals surface area contributed by atoms with E-state index in [1.54, 1.807) is 6.20 Å². The third-order valence-electron chi connectivity index (χ3n) is 3.72. The fraction of sp³-hybridized carbons (Fsp3) is 0.714. The first-order valence-corrected chi connectivity index (χ1v) is 6.93. The minimum absolute atomic E-state index is 0.0867. The van der Waals surface area contributed by atoms with Gasteiger partial charge in [0.15, 0.2) is 0 Å². The van der Waals surface area contributed by atoms with Crippen molar-refractivity contribution in [3.05, 3.63) is 18.0 Å². The number of aryl methyl sites for hydroxylation is 1. The number of carbonyl (C=O) groups excluding carboxylic acids is 1. The molecule has 5 heteroatoms. The van der Waals surface area contributed by atoms with Gasteiger partial charge in [0.2, 0.25) is 5.91 Å². The maximum Gasteiger partial charge on any atom is 0.223 e. The molecule has 2 heterocycles. The van der Waals surface area contributed by atoms with Crippen molar-refractivity contribution in [2.75, 3.05) is 13.1 Å². The van der Waals surface area contributed by atoms with Gasteiger partial charge in [0, 0.05) is 25.7 Å². The number of aromatic nitrogens is 2. The molecule has 1 aliphatic rings. The minimum atomic E-state index is -0.0867. The third-order valence-corrected chi connectivity index (χ3v) is 3.72. The van der Waals surface area contributed by atoms with Crippen LogP contribution >= 0.6 is 0 Å². The van der Waals surface area contributed by atoms with Crippen LogP contribution in [0.15, 0.2) is 12.4 Å². The average Bonchev–Trinajstić information content (AvgIpc) is 2.83. The zero-order chi connectivity index (χ0) is 13.9. The Hall–Kier alpha value is -1.36. The topological polar surface area (TPSA) is 58.2 Å². The maximum absolute atomic E-state index is 11.9. The van der Waals surface area contributed by atoms with Gasteiger partial charge in [-0.2, -0.15) is 5.10 Å². The van der Waals surface area contributed by atoms with Crippen LogP contribution in [0.4, 0.5) is 0 Å². The molecule has 1 aliphatic heterocycles. The van der Waals surface area contributed by atoms with Crippen molar-refractivity contribution in [2.24, 2.45) is 0 Å². The number of hydrogen-bond acceptors (Lipinski definition) is 3. The largest absolute Gasteiger partial charge is 0.369 e. The standard InChI is InChI=1S/C14H23N3O2/c1-4-14(2,3)19-12-9-17(10-12)13(18)6-5-11-7-15-16-8-11/h7-8,12H,4-6,9-10H2,1-3H3,(H,15,16). The fourth-order valence-corrected chi connectivity index (χ4v) is 2.07. The summed E-state index contributed by atoms with van der Waals surface area (Å²) in [5.41, 5.74) is 0.991. The predicted molar refractivity (Wildman–Crippen MR) is 72.7 cm³/mol. The Morgan fingerprint density at radius 3 is 2.89 bits per heavy atom. The normalized spacial score (nSPS) is 16.5. The molecule has 106 valence electrons. The van der Waals surface area contributed by atoms with Crippen LogP contribution in [0.3, 0.4) is 0 Å². The highest BCUT2D eigenvalue weighted by Gasteiger charge is 2.34. The van der Waals surface area contributed by atoms with E-state index in [1.165, 1.54) is 0 Å². The van der Waals surface area contributed by atoms with Gasteiger partial charge >= 0.3 is 0 Å². The molecule has 0 aromatic carbocycles. The lowest BCUT2D eigenvalue weighted by atomic mass is 10.0. The Bertz CT molecular complexity index is 408. The van der Waals surface area contributed by atoms with Gasteiger partial charge in [0.25, 0.3) is 0 Å². The molecular weight excluding hydrogens is 242 g/mol. The molecule has 0 unspecified atom stereocenters. The number of H-pyrrole nitrogens is 1. The molecule has 0 saturated carbocycles. The first-order valence-electron chi connectivity index (χ1n) is 6.93. The van der Waals surface area contributed by atoms with Crippen LogP contribution in [-0.2, 0) is 16.0 Å². The summed E-state index contributed by atoms with van der Waals surface area (Å²) in [7, 11) is 0. The second-order valence-corrected chi connectivity index (χ2v) is 5.76. The van der Waals surface area contributed by atoms with E-state index in [9.17, 15) is 4.79 Å². The van der Waals surface area contributed by atoms with Crippen molar-refractivity contribution in [3.63, 3.8) is 0 Å². The molecule has 1 aromatic heterocycles. The lowest BCUT2D eigenvalue weighted by molar-refractivity contribution is -0.160. The average molecular weight is 265 g/mol. The molecule has 19 heavy (non-hydrogen) atoms. The zero-order valence-corrected chi connectivity index (χ0v) is 12.0. The van der Waals surface area contributed by atoms with Crippen molar-refractivity contribution in [1.82, 2.24) is 15.1 Å². The van der Waals surface area contributed by atoms with Crippen molar-refractivity contribution in [3.8, 4) is 0 Å².